The highest BCUT2D eigenvalue weighted by atomic mass is 16.2. The maximum atomic E-state index is 13.1. The van der Waals surface area contributed by atoms with E-state index in [4.69, 9.17) is 0 Å². The number of urea groups is 1. The monoisotopic (exact) mass is 466 g/mol. The number of hydrogen-bond donors (Lipinski definition) is 3. The van der Waals surface area contributed by atoms with Crippen molar-refractivity contribution in [1.29, 1.82) is 0 Å². The molecule has 0 aromatic heterocycles. The first-order chi connectivity index (χ1) is 16.3. The average Bonchev–Trinajstić information content (AvgIpc) is 2.76. The highest BCUT2D eigenvalue weighted by Crippen LogP contribution is 2.55. The molecule has 0 spiro atoms. The van der Waals surface area contributed by atoms with E-state index in [-0.39, 0.29) is 17.5 Å². The van der Waals surface area contributed by atoms with Crippen molar-refractivity contribution in [3.8, 4) is 0 Å². The van der Waals surface area contributed by atoms with Crippen molar-refractivity contribution in [2.24, 2.45) is 29.6 Å². The highest BCUT2D eigenvalue weighted by Gasteiger charge is 2.51. The van der Waals surface area contributed by atoms with Crippen LogP contribution in [0.2, 0.25) is 0 Å². The molecule has 1 heterocycles. The summed E-state index contributed by atoms with van der Waals surface area (Å²) in [5, 5.41) is 9.53. The summed E-state index contributed by atoms with van der Waals surface area (Å²) in [6.07, 6.45) is 9.72. The van der Waals surface area contributed by atoms with Gasteiger partial charge in [-0.1, -0.05) is 20.8 Å². The second kappa shape index (κ2) is 9.43. The van der Waals surface area contributed by atoms with Crippen LogP contribution in [-0.2, 0) is 0 Å². The molecule has 4 aliphatic carbocycles. The van der Waals surface area contributed by atoms with Crippen molar-refractivity contribution in [3.05, 3.63) is 23.8 Å². The number of anilines is 2. The van der Waals surface area contributed by atoms with E-state index >= 15 is 0 Å². The summed E-state index contributed by atoms with van der Waals surface area (Å²) in [6, 6.07) is 5.70. The van der Waals surface area contributed by atoms with Gasteiger partial charge in [0.15, 0.2) is 0 Å². The number of amides is 3. The van der Waals surface area contributed by atoms with E-state index in [2.05, 4.69) is 41.6 Å². The molecule has 0 unspecified atom stereocenters. The fourth-order valence-electron chi connectivity index (χ4n) is 7.38. The molecule has 1 aliphatic heterocycles. The van der Waals surface area contributed by atoms with Gasteiger partial charge in [0.25, 0.3) is 5.91 Å². The van der Waals surface area contributed by atoms with Crippen LogP contribution >= 0.6 is 0 Å². The third kappa shape index (κ3) is 5.06. The van der Waals surface area contributed by atoms with Crippen LogP contribution in [0.1, 0.15) is 82.5 Å². The minimum absolute atomic E-state index is 0.0270. The Hall–Kier alpha value is -2.24. The van der Waals surface area contributed by atoms with Gasteiger partial charge in [-0.15, -0.1) is 0 Å². The number of carbonyl (C=O) groups excluding carboxylic acids is 2. The molecular weight excluding hydrogens is 424 g/mol. The third-order valence-electron chi connectivity index (χ3n) is 8.71. The van der Waals surface area contributed by atoms with Crippen LogP contribution in [0.3, 0.4) is 0 Å². The van der Waals surface area contributed by atoms with Crippen LogP contribution in [0.15, 0.2) is 18.2 Å². The van der Waals surface area contributed by atoms with Crippen LogP contribution in [0.4, 0.5) is 16.2 Å². The summed E-state index contributed by atoms with van der Waals surface area (Å²) in [5.74, 6) is 3.41. The Morgan fingerprint density at radius 1 is 1.03 bits per heavy atom. The Morgan fingerprint density at radius 3 is 2.24 bits per heavy atom. The molecule has 1 aromatic rings. The molecule has 3 amide bonds. The largest absolute Gasteiger partial charge is 0.371 e. The molecule has 6 heteroatoms. The number of rotatable bonds is 6. The van der Waals surface area contributed by atoms with Gasteiger partial charge in [0, 0.05) is 36.5 Å². The molecule has 5 aliphatic rings. The molecule has 5 fully saturated rings. The second-order valence-electron chi connectivity index (χ2n) is 12.3. The van der Waals surface area contributed by atoms with Gasteiger partial charge in [0.1, 0.15) is 0 Å². The predicted octanol–water partition coefficient (Wildman–Crippen LogP) is 5.40. The minimum Gasteiger partial charge on any atom is -0.371 e. The molecular formula is C28H42N4O2. The van der Waals surface area contributed by atoms with Gasteiger partial charge in [-0.25, -0.2) is 4.79 Å². The Morgan fingerprint density at radius 2 is 1.65 bits per heavy atom. The first-order valence-corrected chi connectivity index (χ1v) is 13.5. The maximum absolute atomic E-state index is 13.1. The summed E-state index contributed by atoms with van der Waals surface area (Å²) in [4.78, 5) is 28.6. The number of piperidine rings is 1. The van der Waals surface area contributed by atoms with Crippen molar-refractivity contribution in [2.45, 2.75) is 77.7 Å². The Kier molecular flexibility index (Phi) is 6.51. The summed E-state index contributed by atoms with van der Waals surface area (Å²) < 4.78 is 0. The van der Waals surface area contributed by atoms with Crippen LogP contribution in [0.5, 0.6) is 0 Å². The van der Waals surface area contributed by atoms with E-state index in [1.165, 1.54) is 19.3 Å². The maximum Gasteiger partial charge on any atom is 0.319 e. The molecule has 4 saturated carbocycles. The van der Waals surface area contributed by atoms with E-state index in [1.54, 1.807) is 0 Å². The van der Waals surface area contributed by atoms with Gasteiger partial charge < -0.3 is 20.9 Å². The first-order valence-electron chi connectivity index (χ1n) is 13.5. The van der Waals surface area contributed by atoms with Gasteiger partial charge in [-0.05, 0) is 99.2 Å². The van der Waals surface area contributed by atoms with Crippen LogP contribution in [0.25, 0.3) is 0 Å². The molecule has 0 radical (unpaired) electrons. The van der Waals surface area contributed by atoms with Crippen molar-refractivity contribution >= 4 is 23.3 Å². The molecule has 1 saturated heterocycles. The Bertz CT molecular complexity index is 884. The van der Waals surface area contributed by atoms with Crippen molar-refractivity contribution < 1.29 is 9.59 Å². The fourth-order valence-corrected chi connectivity index (χ4v) is 7.38. The summed E-state index contributed by atoms with van der Waals surface area (Å²) in [7, 11) is 0. The lowest BCUT2D eigenvalue weighted by Crippen LogP contribution is -2.60. The molecule has 34 heavy (non-hydrogen) atoms. The molecule has 0 atom stereocenters. The molecule has 1 aromatic carbocycles. The zero-order valence-corrected chi connectivity index (χ0v) is 21.2. The van der Waals surface area contributed by atoms with E-state index in [9.17, 15) is 9.59 Å². The lowest BCUT2D eigenvalue weighted by molar-refractivity contribution is -0.0127. The van der Waals surface area contributed by atoms with E-state index in [0.717, 1.165) is 74.6 Å². The van der Waals surface area contributed by atoms with Crippen LogP contribution in [0, 0.1) is 29.6 Å². The highest BCUT2D eigenvalue weighted by molar-refractivity contribution is 6.02. The number of nitrogens with one attached hydrogen (secondary N) is 3. The van der Waals surface area contributed by atoms with Crippen LogP contribution in [-0.4, -0.2) is 37.1 Å². The third-order valence-corrected chi connectivity index (χ3v) is 8.71. The van der Waals surface area contributed by atoms with E-state index in [1.807, 2.05) is 18.2 Å². The predicted molar refractivity (Wildman–Crippen MR) is 137 cm³/mol. The average molecular weight is 467 g/mol. The lowest BCUT2D eigenvalue weighted by Gasteiger charge is -2.56. The second-order valence-corrected chi connectivity index (χ2v) is 12.3. The van der Waals surface area contributed by atoms with Gasteiger partial charge in [-0.3, -0.25) is 4.79 Å². The molecule has 3 N–H and O–H groups in total. The van der Waals surface area contributed by atoms with Gasteiger partial charge >= 0.3 is 6.03 Å². The van der Waals surface area contributed by atoms with Gasteiger partial charge in [0.05, 0.1) is 5.56 Å². The molecule has 186 valence electrons. The SMILES string of the molecule is CC(C)CNC(=O)c1cc(NC(=O)NC23CC4CC(CC(C4)C2)C3)ccc1N1CCC(C)CC1. The lowest BCUT2D eigenvalue weighted by atomic mass is 9.53. The number of carbonyl (C=O) groups is 2. The normalized spacial score (nSPS) is 30.5. The Balaban J connectivity index is 1.30. The Labute approximate surface area is 204 Å². The van der Waals surface area contributed by atoms with Crippen molar-refractivity contribution in [1.82, 2.24) is 10.6 Å². The number of nitrogens with zero attached hydrogens (tertiary/aromatic N) is 1. The zero-order valence-electron chi connectivity index (χ0n) is 21.2. The first kappa shape index (κ1) is 23.5. The van der Waals surface area contributed by atoms with Crippen LogP contribution < -0.4 is 20.9 Å². The van der Waals surface area contributed by atoms with E-state index < -0.39 is 0 Å². The van der Waals surface area contributed by atoms with Gasteiger partial charge in [-0.2, -0.15) is 0 Å². The summed E-state index contributed by atoms with van der Waals surface area (Å²) >= 11 is 0. The van der Waals surface area contributed by atoms with Crippen molar-refractivity contribution in [2.75, 3.05) is 29.9 Å². The minimum atomic E-state index is -0.130. The van der Waals surface area contributed by atoms with E-state index in [0.29, 0.717) is 23.7 Å². The zero-order chi connectivity index (χ0) is 23.9. The smallest absolute Gasteiger partial charge is 0.319 e. The molecule has 4 bridgehead atoms. The summed E-state index contributed by atoms with van der Waals surface area (Å²) in [5.41, 5.74) is 2.29. The van der Waals surface area contributed by atoms with Gasteiger partial charge in [0.2, 0.25) is 0 Å². The topological polar surface area (TPSA) is 73.5 Å². The fraction of sp³-hybridized carbons (Fsp3) is 0.714. The quantitative estimate of drug-likeness (QED) is 0.526. The number of hydrogen-bond acceptors (Lipinski definition) is 3. The van der Waals surface area contributed by atoms with Crippen molar-refractivity contribution in [3.63, 3.8) is 0 Å². The number of benzene rings is 1. The summed E-state index contributed by atoms with van der Waals surface area (Å²) in [6.45, 7) is 9.05. The molecule has 6 nitrogen and oxygen atoms in total. The molecule has 6 rings (SSSR count). The standard InChI is InChI=1S/C28H42N4O2/c1-18(2)17-29-26(33)24-13-23(4-5-25(24)32-8-6-19(3)7-9-32)30-27(34)31-28-14-20-10-21(15-28)12-22(11-20)16-28/h4-5,13,18-22H,6-12,14-17H2,1-3H3,(H,29,33)(H2,30,31,34).